The lowest BCUT2D eigenvalue weighted by molar-refractivity contribution is -0.272. The van der Waals surface area contributed by atoms with E-state index in [-0.39, 0.29) is 32.3 Å². The molecule has 18 nitrogen and oxygen atoms in total. The molecule has 0 bridgehead atoms. The summed E-state index contributed by atoms with van der Waals surface area (Å²) in [6, 6.07) is -2.02. The first-order chi connectivity index (χ1) is 22.0. The second-order valence-corrected chi connectivity index (χ2v) is 11.1. The number of carbonyl (C=O) groups excluding carboxylic acids is 2. The summed E-state index contributed by atoms with van der Waals surface area (Å²) in [5.74, 6) is -0.765. The summed E-state index contributed by atoms with van der Waals surface area (Å²) in [5, 5.41) is 64.3. The predicted octanol–water partition coefficient (Wildman–Crippen LogP) is -4.39. The molecule has 0 aromatic carbocycles. The number of amides is 2. The molecular weight excluding hydrogens is 620 g/mol. The Bertz CT molecular complexity index is 792. The summed E-state index contributed by atoms with van der Waals surface area (Å²) in [5.41, 5.74) is 0. The third kappa shape index (κ3) is 13.9. The highest BCUT2D eigenvalue weighted by Gasteiger charge is 2.46. The van der Waals surface area contributed by atoms with Gasteiger partial charge < -0.3 is 79.2 Å². The van der Waals surface area contributed by atoms with E-state index in [1.54, 1.807) is 0 Å². The lowest BCUT2D eigenvalue weighted by atomic mass is 9.97. The van der Waals surface area contributed by atoms with E-state index in [1.807, 2.05) is 6.92 Å². The van der Waals surface area contributed by atoms with Crippen molar-refractivity contribution >= 4 is 11.8 Å². The molecule has 46 heavy (non-hydrogen) atoms. The molecule has 2 heterocycles. The van der Waals surface area contributed by atoms with Crippen molar-refractivity contribution in [1.82, 2.24) is 10.6 Å². The standard InChI is InChI=1S/C28H52N2O16/c1-16(14-41-6-4-39-8-10-43-27-21(29-17(2)33)25(37)23(35)19(12-31)45-27)15-42-7-5-40-9-11-44-28-22(30-18(3)34)26(38)24(36)20(13-32)46-28/h16,19-28,31-32,35-38H,4-15H2,1-3H3,(H,29,33)(H,30,34). The van der Waals surface area contributed by atoms with Crippen LogP contribution in [0.4, 0.5) is 0 Å². The van der Waals surface area contributed by atoms with E-state index in [0.717, 1.165) is 0 Å². The Hall–Kier alpha value is -1.62. The van der Waals surface area contributed by atoms with Crippen LogP contribution in [0, 0.1) is 5.92 Å². The molecule has 18 heteroatoms. The third-order valence-electron chi connectivity index (χ3n) is 7.07. The smallest absolute Gasteiger partial charge is 0.217 e. The number of rotatable bonds is 22. The molecular formula is C28H52N2O16. The topological polar surface area (TPSA) is 253 Å². The number of aliphatic hydroxyl groups is 6. The molecule has 10 unspecified atom stereocenters. The highest BCUT2D eigenvalue weighted by atomic mass is 16.7. The van der Waals surface area contributed by atoms with Gasteiger partial charge in [-0.2, -0.15) is 0 Å². The second kappa shape index (κ2) is 22.1. The summed E-state index contributed by atoms with van der Waals surface area (Å²) in [4.78, 5) is 22.9. The van der Waals surface area contributed by atoms with Crippen molar-refractivity contribution in [3.8, 4) is 0 Å². The van der Waals surface area contributed by atoms with E-state index in [2.05, 4.69) is 10.6 Å². The van der Waals surface area contributed by atoms with Crippen LogP contribution in [0.2, 0.25) is 0 Å². The minimum absolute atomic E-state index is 0.0730. The van der Waals surface area contributed by atoms with Gasteiger partial charge in [-0.05, 0) is 0 Å². The van der Waals surface area contributed by atoms with E-state index in [4.69, 9.17) is 37.9 Å². The van der Waals surface area contributed by atoms with Crippen molar-refractivity contribution < 1.29 is 78.1 Å². The number of hydrogen-bond donors (Lipinski definition) is 8. The number of aliphatic hydroxyl groups excluding tert-OH is 6. The van der Waals surface area contributed by atoms with Gasteiger partial charge in [-0.15, -0.1) is 0 Å². The Morgan fingerprint density at radius 2 is 0.957 bits per heavy atom. The number of nitrogens with one attached hydrogen (secondary N) is 2. The minimum Gasteiger partial charge on any atom is -0.394 e. The van der Waals surface area contributed by atoms with Gasteiger partial charge >= 0.3 is 0 Å². The van der Waals surface area contributed by atoms with Crippen molar-refractivity contribution in [2.24, 2.45) is 5.92 Å². The molecule has 0 spiro atoms. The monoisotopic (exact) mass is 672 g/mol. The van der Waals surface area contributed by atoms with Gasteiger partial charge in [-0.1, -0.05) is 6.92 Å². The van der Waals surface area contributed by atoms with E-state index in [0.29, 0.717) is 39.6 Å². The van der Waals surface area contributed by atoms with Gasteiger partial charge in [0.15, 0.2) is 12.6 Å². The van der Waals surface area contributed by atoms with Crippen LogP contribution < -0.4 is 10.6 Å². The Morgan fingerprint density at radius 3 is 1.30 bits per heavy atom. The van der Waals surface area contributed by atoms with Crippen LogP contribution in [0.1, 0.15) is 20.8 Å². The first-order valence-electron chi connectivity index (χ1n) is 15.3. The van der Waals surface area contributed by atoms with Crippen LogP contribution in [0.5, 0.6) is 0 Å². The highest BCUT2D eigenvalue weighted by Crippen LogP contribution is 2.23. The second-order valence-electron chi connectivity index (χ2n) is 11.1. The molecule has 2 aliphatic rings. The molecule has 2 fully saturated rings. The summed E-state index contributed by atoms with van der Waals surface area (Å²) in [6.07, 6.45) is -9.79. The van der Waals surface area contributed by atoms with Crippen molar-refractivity contribution in [1.29, 1.82) is 0 Å². The molecule has 2 rings (SSSR count). The molecule has 2 saturated heterocycles. The zero-order valence-electron chi connectivity index (χ0n) is 26.6. The molecule has 0 aromatic heterocycles. The maximum Gasteiger partial charge on any atom is 0.217 e. The Morgan fingerprint density at radius 1 is 0.609 bits per heavy atom. The van der Waals surface area contributed by atoms with E-state index in [1.165, 1.54) is 13.8 Å². The zero-order chi connectivity index (χ0) is 34.1. The van der Waals surface area contributed by atoms with Crippen LogP contribution >= 0.6 is 0 Å². The van der Waals surface area contributed by atoms with Crippen molar-refractivity contribution in [3.05, 3.63) is 0 Å². The fourth-order valence-electron chi connectivity index (χ4n) is 4.73. The van der Waals surface area contributed by atoms with Gasteiger partial charge in [-0.25, -0.2) is 0 Å². The van der Waals surface area contributed by atoms with Gasteiger partial charge in [0.25, 0.3) is 0 Å². The van der Waals surface area contributed by atoms with Gasteiger partial charge in [-0.3, -0.25) is 9.59 Å². The van der Waals surface area contributed by atoms with Crippen molar-refractivity contribution in [3.63, 3.8) is 0 Å². The third-order valence-corrected chi connectivity index (χ3v) is 7.07. The number of ether oxygens (including phenoxy) is 8. The molecule has 2 amide bonds. The van der Waals surface area contributed by atoms with Crippen LogP contribution in [0.3, 0.4) is 0 Å². The summed E-state index contributed by atoms with van der Waals surface area (Å²) in [6.45, 7) is 6.08. The first-order valence-corrected chi connectivity index (χ1v) is 15.3. The molecule has 0 radical (unpaired) electrons. The maximum atomic E-state index is 11.5. The lowest BCUT2D eigenvalue weighted by Crippen LogP contribution is -2.64. The van der Waals surface area contributed by atoms with Gasteiger partial charge in [0.1, 0.15) is 48.7 Å². The Kier molecular flexibility index (Phi) is 19.5. The molecule has 0 aliphatic carbocycles. The van der Waals surface area contributed by atoms with E-state index < -0.39 is 86.3 Å². The molecule has 2 aliphatic heterocycles. The number of carbonyl (C=O) groups is 2. The largest absolute Gasteiger partial charge is 0.394 e. The average Bonchev–Trinajstić information content (AvgIpc) is 3.01. The predicted molar refractivity (Wildman–Crippen MR) is 155 cm³/mol. The minimum atomic E-state index is -1.38. The molecule has 8 N–H and O–H groups in total. The first kappa shape index (κ1) is 40.6. The SMILES string of the molecule is CC(=O)NC1C(OCCOCCOCC(C)COCCOCCOC2OC(CO)C(O)C(O)C2NC(C)=O)OC(CO)C(O)C1O. The van der Waals surface area contributed by atoms with Gasteiger partial charge in [0.05, 0.1) is 79.3 Å². The van der Waals surface area contributed by atoms with Crippen LogP contribution in [-0.2, 0) is 47.5 Å². The fraction of sp³-hybridized carbons (Fsp3) is 0.929. The zero-order valence-corrected chi connectivity index (χ0v) is 26.6. The van der Waals surface area contributed by atoms with Gasteiger partial charge in [0, 0.05) is 19.8 Å². The summed E-state index contributed by atoms with van der Waals surface area (Å²) < 4.78 is 44.3. The van der Waals surface area contributed by atoms with Gasteiger partial charge in [0.2, 0.25) is 11.8 Å². The molecule has 0 aromatic rings. The lowest BCUT2D eigenvalue weighted by Gasteiger charge is -2.42. The highest BCUT2D eigenvalue weighted by molar-refractivity contribution is 5.73. The van der Waals surface area contributed by atoms with Crippen LogP contribution in [0.15, 0.2) is 0 Å². The van der Waals surface area contributed by atoms with Crippen LogP contribution in [0.25, 0.3) is 0 Å². The Labute approximate surface area is 268 Å². The quantitative estimate of drug-likeness (QED) is 0.0506. The molecule has 10 atom stereocenters. The molecule has 270 valence electrons. The summed E-state index contributed by atoms with van der Waals surface area (Å²) in [7, 11) is 0. The van der Waals surface area contributed by atoms with E-state index in [9.17, 15) is 40.2 Å². The molecule has 0 saturated carbocycles. The van der Waals surface area contributed by atoms with Crippen LogP contribution in [-0.4, -0.2) is 183 Å². The Balaban J connectivity index is 1.48. The number of hydrogen-bond acceptors (Lipinski definition) is 16. The summed E-state index contributed by atoms with van der Waals surface area (Å²) >= 11 is 0. The van der Waals surface area contributed by atoms with E-state index >= 15 is 0 Å². The fourth-order valence-corrected chi connectivity index (χ4v) is 4.73. The normalized spacial score (nSPS) is 32.2. The average molecular weight is 673 g/mol. The van der Waals surface area contributed by atoms with Crippen molar-refractivity contribution in [2.45, 2.75) is 82.1 Å². The van der Waals surface area contributed by atoms with Crippen molar-refractivity contribution in [2.75, 3.05) is 79.3 Å². The maximum absolute atomic E-state index is 11.5.